The SMILES string of the molecule is N#Cc1cccc(-c2cccc(C(=O)Nc3cn4nc(-c5c(-c6ccc(F)cc6)nc6ccccn56)ccc4n3)c2)c1. The molecule has 1 amide bonds. The summed E-state index contributed by atoms with van der Waals surface area (Å²) in [6.07, 6.45) is 3.55. The summed E-state index contributed by atoms with van der Waals surface area (Å²) in [5.41, 5.74) is 6.76. The van der Waals surface area contributed by atoms with Gasteiger partial charge in [-0.05, 0) is 83.9 Å². The highest BCUT2D eigenvalue weighted by atomic mass is 19.1. The van der Waals surface area contributed by atoms with Gasteiger partial charge in [0, 0.05) is 17.3 Å². The van der Waals surface area contributed by atoms with Crippen LogP contribution in [0.2, 0.25) is 0 Å². The van der Waals surface area contributed by atoms with E-state index in [0.29, 0.717) is 34.0 Å². The van der Waals surface area contributed by atoms with Crippen LogP contribution in [0.3, 0.4) is 0 Å². The molecule has 0 bridgehead atoms. The molecule has 9 heteroatoms. The van der Waals surface area contributed by atoms with Crippen LogP contribution in [0.25, 0.3) is 45.1 Å². The first-order valence-electron chi connectivity index (χ1n) is 13.1. The summed E-state index contributed by atoms with van der Waals surface area (Å²) >= 11 is 0. The van der Waals surface area contributed by atoms with Gasteiger partial charge in [-0.1, -0.05) is 30.3 Å². The molecule has 0 unspecified atom stereocenters. The van der Waals surface area contributed by atoms with Crippen molar-refractivity contribution in [3.63, 3.8) is 0 Å². The fraction of sp³-hybridized carbons (Fsp3) is 0. The third-order valence-electron chi connectivity index (χ3n) is 6.90. The number of nitrogens with zero attached hydrogens (tertiary/aromatic N) is 6. The number of benzene rings is 3. The molecule has 0 aliphatic rings. The van der Waals surface area contributed by atoms with E-state index in [2.05, 4.69) is 16.4 Å². The zero-order chi connectivity index (χ0) is 28.6. The lowest BCUT2D eigenvalue weighted by Gasteiger charge is -2.06. The second-order valence-electron chi connectivity index (χ2n) is 9.62. The van der Waals surface area contributed by atoms with Crippen molar-refractivity contribution in [2.75, 3.05) is 5.32 Å². The molecular formula is C33H20FN7O. The molecule has 3 aromatic carbocycles. The van der Waals surface area contributed by atoms with Crippen molar-refractivity contribution in [3.05, 3.63) is 132 Å². The summed E-state index contributed by atoms with van der Waals surface area (Å²) < 4.78 is 17.2. The molecule has 42 heavy (non-hydrogen) atoms. The maximum atomic E-state index is 13.6. The number of hydrogen-bond acceptors (Lipinski definition) is 5. The van der Waals surface area contributed by atoms with Crippen LogP contribution in [0.4, 0.5) is 10.2 Å². The van der Waals surface area contributed by atoms with Gasteiger partial charge in [0.2, 0.25) is 0 Å². The highest BCUT2D eigenvalue weighted by Gasteiger charge is 2.18. The Balaban J connectivity index is 1.21. The molecule has 0 spiro atoms. The smallest absolute Gasteiger partial charge is 0.256 e. The number of carbonyl (C=O) groups excluding carboxylic acids is 1. The van der Waals surface area contributed by atoms with Crippen molar-refractivity contribution in [2.24, 2.45) is 0 Å². The number of carbonyl (C=O) groups is 1. The molecule has 0 saturated heterocycles. The predicted molar refractivity (Wildman–Crippen MR) is 157 cm³/mol. The average molecular weight is 550 g/mol. The van der Waals surface area contributed by atoms with Gasteiger partial charge < -0.3 is 5.32 Å². The van der Waals surface area contributed by atoms with Crippen LogP contribution in [0.1, 0.15) is 15.9 Å². The van der Waals surface area contributed by atoms with Crippen LogP contribution in [0, 0.1) is 17.1 Å². The third-order valence-corrected chi connectivity index (χ3v) is 6.90. The molecule has 0 atom stereocenters. The van der Waals surface area contributed by atoms with Crippen LogP contribution in [0.15, 0.2) is 116 Å². The van der Waals surface area contributed by atoms with Gasteiger partial charge in [-0.25, -0.2) is 18.9 Å². The summed E-state index contributed by atoms with van der Waals surface area (Å²) in [7, 11) is 0. The predicted octanol–water partition coefficient (Wildman–Crippen LogP) is 6.64. The number of fused-ring (bicyclic) bond motifs is 2. The second kappa shape index (κ2) is 10.1. The number of anilines is 1. The van der Waals surface area contributed by atoms with Gasteiger partial charge in [0.1, 0.15) is 22.9 Å². The molecule has 8 nitrogen and oxygen atoms in total. The van der Waals surface area contributed by atoms with E-state index in [1.807, 2.05) is 59.1 Å². The molecule has 7 aromatic rings. The van der Waals surface area contributed by atoms with E-state index in [9.17, 15) is 14.4 Å². The van der Waals surface area contributed by atoms with Gasteiger partial charge in [-0.2, -0.15) is 10.4 Å². The number of halogens is 1. The Kier molecular flexibility index (Phi) is 5.99. The zero-order valence-corrected chi connectivity index (χ0v) is 21.9. The van der Waals surface area contributed by atoms with Gasteiger partial charge in [0.05, 0.1) is 23.5 Å². The quantitative estimate of drug-likeness (QED) is 0.259. The van der Waals surface area contributed by atoms with E-state index < -0.39 is 0 Å². The highest BCUT2D eigenvalue weighted by Crippen LogP contribution is 2.32. The lowest BCUT2D eigenvalue weighted by molar-refractivity contribution is 0.102. The molecule has 4 aromatic heterocycles. The number of aromatic nitrogens is 5. The third kappa shape index (κ3) is 4.53. The molecule has 0 aliphatic carbocycles. The number of imidazole rings is 2. The molecular weight excluding hydrogens is 529 g/mol. The number of rotatable bonds is 5. The second-order valence-corrected chi connectivity index (χ2v) is 9.62. The molecule has 0 fully saturated rings. The van der Waals surface area contributed by atoms with Crippen molar-refractivity contribution in [1.82, 2.24) is 24.0 Å². The molecule has 1 N–H and O–H groups in total. The Hall–Kier alpha value is -6.14. The first kappa shape index (κ1) is 24.9. The van der Waals surface area contributed by atoms with E-state index in [0.717, 1.165) is 28.0 Å². The molecule has 7 rings (SSSR count). The largest absolute Gasteiger partial charge is 0.305 e. The van der Waals surface area contributed by atoms with Crippen molar-refractivity contribution in [3.8, 4) is 39.8 Å². The molecule has 200 valence electrons. The van der Waals surface area contributed by atoms with Crippen LogP contribution >= 0.6 is 0 Å². The highest BCUT2D eigenvalue weighted by molar-refractivity contribution is 6.04. The van der Waals surface area contributed by atoms with Crippen molar-refractivity contribution in [2.45, 2.75) is 0 Å². The monoisotopic (exact) mass is 549 g/mol. The average Bonchev–Trinajstić information content (AvgIpc) is 3.62. The number of nitriles is 1. The van der Waals surface area contributed by atoms with Crippen LogP contribution < -0.4 is 5.32 Å². The van der Waals surface area contributed by atoms with E-state index in [1.165, 1.54) is 12.1 Å². The standard InChI is InChI=1S/C33H20FN7O/c34-26-12-10-22(11-13-26)31-32(40-16-2-1-9-29(40)38-31)27-14-15-30-36-28(20-41(30)39-27)37-33(42)25-8-4-7-24(18-25)23-6-3-5-21(17-23)19-35/h1-18,20H,(H,37,42). The van der Waals surface area contributed by atoms with Crippen LogP contribution in [-0.2, 0) is 0 Å². The minimum absolute atomic E-state index is 0.322. The summed E-state index contributed by atoms with van der Waals surface area (Å²) in [5, 5.41) is 16.9. The lowest BCUT2D eigenvalue weighted by atomic mass is 10.0. The van der Waals surface area contributed by atoms with Crippen molar-refractivity contribution < 1.29 is 9.18 Å². The van der Waals surface area contributed by atoms with Gasteiger partial charge >= 0.3 is 0 Å². The van der Waals surface area contributed by atoms with Crippen LogP contribution in [-0.4, -0.2) is 29.9 Å². The van der Waals surface area contributed by atoms with Crippen LogP contribution in [0.5, 0.6) is 0 Å². The summed E-state index contributed by atoms with van der Waals surface area (Å²) in [6.45, 7) is 0. The molecule has 0 aliphatic heterocycles. The maximum Gasteiger partial charge on any atom is 0.256 e. The van der Waals surface area contributed by atoms with E-state index >= 15 is 0 Å². The summed E-state index contributed by atoms with van der Waals surface area (Å²) in [5.74, 6) is -0.299. The van der Waals surface area contributed by atoms with E-state index in [1.54, 1.807) is 53.2 Å². The zero-order valence-electron chi connectivity index (χ0n) is 21.9. The number of pyridine rings is 1. The van der Waals surface area contributed by atoms with E-state index in [-0.39, 0.29) is 11.7 Å². The number of nitrogens with one attached hydrogen (secondary N) is 1. The fourth-order valence-corrected chi connectivity index (χ4v) is 4.91. The Labute approximate surface area is 239 Å². The normalized spacial score (nSPS) is 11.0. The van der Waals surface area contributed by atoms with E-state index in [4.69, 9.17) is 10.1 Å². The summed E-state index contributed by atoms with van der Waals surface area (Å²) in [6, 6.07) is 32.1. The topological polar surface area (TPSA) is 100 Å². The Morgan fingerprint density at radius 2 is 1.62 bits per heavy atom. The first-order valence-corrected chi connectivity index (χ1v) is 13.1. The fourth-order valence-electron chi connectivity index (χ4n) is 4.91. The first-order chi connectivity index (χ1) is 20.6. The number of amides is 1. The Morgan fingerprint density at radius 3 is 2.45 bits per heavy atom. The van der Waals surface area contributed by atoms with Gasteiger partial charge in [-0.15, -0.1) is 0 Å². The minimum Gasteiger partial charge on any atom is -0.305 e. The molecule has 4 heterocycles. The lowest BCUT2D eigenvalue weighted by Crippen LogP contribution is -2.12. The van der Waals surface area contributed by atoms with Gasteiger partial charge in [-0.3, -0.25) is 9.20 Å². The Morgan fingerprint density at radius 1 is 0.810 bits per heavy atom. The Bertz CT molecular complexity index is 2170. The van der Waals surface area contributed by atoms with Crippen molar-refractivity contribution >= 4 is 23.0 Å². The van der Waals surface area contributed by atoms with Gasteiger partial charge in [0.25, 0.3) is 5.91 Å². The maximum absolute atomic E-state index is 13.6. The van der Waals surface area contributed by atoms with Gasteiger partial charge in [0.15, 0.2) is 11.5 Å². The number of hydrogen-bond donors (Lipinski definition) is 1. The minimum atomic E-state index is -0.323. The van der Waals surface area contributed by atoms with Crippen molar-refractivity contribution in [1.29, 1.82) is 5.26 Å². The molecule has 0 saturated carbocycles. The molecule has 0 radical (unpaired) electrons. The summed E-state index contributed by atoms with van der Waals surface area (Å²) in [4.78, 5) is 22.5.